The fraction of sp³-hybridized carbons (Fsp3) is 0.353. The zero-order chi connectivity index (χ0) is 16.6. The van der Waals surface area contributed by atoms with Crippen molar-refractivity contribution in [3.8, 4) is 0 Å². The van der Waals surface area contributed by atoms with E-state index in [4.69, 9.17) is 5.73 Å². The van der Waals surface area contributed by atoms with Crippen LogP contribution < -0.4 is 11.1 Å². The predicted octanol–water partition coefficient (Wildman–Crippen LogP) is 5.01. The second-order valence-corrected chi connectivity index (χ2v) is 6.80. The van der Waals surface area contributed by atoms with Gasteiger partial charge < -0.3 is 15.6 Å². The van der Waals surface area contributed by atoms with Gasteiger partial charge in [-0.15, -0.1) is 12.4 Å². The van der Waals surface area contributed by atoms with Crippen LogP contribution in [0.4, 0.5) is 11.4 Å². The van der Waals surface area contributed by atoms with Gasteiger partial charge in [-0.3, -0.25) is 4.79 Å². The molecule has 0 fully saturated rings. The number of amides is 1. The Morgan fingerprint density at radius 1 is 1.22 bits per heavy atom. The molecule has 0 saturated carbocycles. The molecule has 0 aliphatic heterocycles. The van der Waals surface area contributed by atoms with Crippen LogP contribution in [-0.4, -0.2) is 10.5 Å². The molecule has 0 aliphatic rings. The minimum absolute atomic E-state index is 0. The molecule has 2 rings (SSSR count). The van der Waals surface area contributed by atoms with E-state index >= 15 is 0 Å². The standard InChI is InChI=1S/C17H22BrN3O.ClH/c1-9(2)21-11(4)7-14(12(21)5)17(22)20-15-8-13(18)6-10(3)16(15)19;/h6-9H,19H2,1-5H3,(H,20,22);1H. The number of nitrogens with zero attached hydrogens (tertiary/aromatic N) is 1. The summed E-state index contributed by atoms with van der Waals surface area (Å²) in [4.78, 5) is 12.6. The quantitative estimate of drug-likeness (QED) is 0.711. The summed E-state index contributed by atoms with van der Waals surface area (Å²) < 4.78 is 3.05. The van der Waals surface area contributed by atoms with Gasteiger partial charge in [-0.05, 0) is 58.4 Å². The van der Waals surface area contributed by atoms with E-state index < -0.39 is 0 Å². The number of benzene rings is 1. The van der Waals surface area contributed by atoms with Crippen molar-refractivity contribution in [3.05, 3.63) is 45.2 Å². The Hall–Kier alpha value is -1.46. The smallest absolute Gasteiger partial charge is 0.257 e. The third-order valence-electron chi connectivity index (χ3n) is 3.85. The Kier molecular flexibility index (Phi) is 6.31. The molecule has 0 saturated heterocycles. The number of carbonyl (C=O) groups is 1. The molecule has 0 aliphatic carbocycles. The molecule has 1 heterocycles. The topological polar surface area (TPSA) is 60.0 Å². The molecule has 126 valence electrons. The Morgan fingerprint density at radius 2 is 1.83 bits per heavy atom. The predicted molar refractivity (Wildman–Crippen MR) is 103 cm³/mol. The van der Waals surface area contributed by atoms with E-state index in [2.05, 4.69) is 39.7 Å². The Bertz CT molecular complexity index is 738. The van der Waals surface area contributed by atoms with Crippen LogP contribution in [0.3, 0.4) is 0 Å². The monoisotopic (exact) mass is 399 g/mol. The second kappa shape index (κ2) is 7.41. The van der Waals surface area contributed by atoms with Crippen LogP contribution in [0, 0.1) is 20.8 Å². The number of hydrogen-bond acceptors (Lipinski definition) is 2. The minimum atomic E-state index is -0.135. The lowest BCUT2D eigenvalue weighted by atomic mass is 10.1. The number of aryl methyl sites for hydroxylation is 2. The Morgan fingerprint density at radius 3 is 2.35 bits per heavy atom. The summed E-state index contributed by atoms with van der Waals surface area (Å²) in [5.41, 5.74) is 10.9. The Labute approximate surface area is 152 Å². The van der Waals surface area contributed by atoms with Gasteiger partial charge in [0.05, 0.1) is 16.9 Å². The highest BCUT2D eigenvalue weighted by atomic mass is 79.9. The van der Waals surface area contributed by atoms with E-state index in [-0.39, 0.29) is 18.3 Å². The van der Waals surface area contributed by atoms with Crippen LogP contribution in [0.1, 0.15) is 47.2 Å². The van der Waals surface area contributed by atoms with Crippen LogP contribution in [0.2, 0.25) is 0 Å². The molecule has 6 heteroatoms. The van der Waals surface area contributed by atoms with Crippen molar-refractivity contribution in [2.45, 2.75) is 40.7 Å². The second-order valence-electron chi connectivity index (χ2n) is 5.89. The summed E-state index contributed by atoms with van der Waals surface area (Å²) in [6, 6.07) is 5.99. The maximum Gasteiger partial charge on any atom is 0.257 e. The lowest BCUT2D eigenvalue weighted by Gasteiger charge is -2.14. The fourth-order valence-electron chi connectivity index (χ4n) is 2.85. The van der Waals surface area contributed by atoms with Crippen LogP contribution in [0.25, 0.3) is 0 Å². The number of hydrogen-bond donors (Lipinski definition) is 2. The summed E-state index contributed by atoms with van der Waals surface area (Å²) in [7, 11) is 0. The first kappa shape index (κ1) is 19.6. The van der Waals surface area contributed by atoms with Crippen LogP contribution in [0.5, 0.6) is 0 Å². The van der Waals surface area contributed by atoms with Crippen molar-refractivity contribution in [2.24, 2.45) is 0 Å². The average Bonchev–Trinajstić information content (AvgIpc) is 2.70. The van der Waals surface area contributed by atoms with Gasteiger partial charge in [0.2, 0.25) is 0 Å². The third-order valence-corrected chi connectivity index (χ3v) is 4.30. The van der Waals surface area contributed by atoms with Gasteiger partial charge in [-0.1, -0.05) is 15.9 Å². The summed E-state index contributed by atoms with van der Waals surface area (Å²) in [6.07, 6.45) is 0. The van der Waals surface area contributed by atoms with E-state index in [9.17, 15) is 4.79 Å². The molecule has 3 N–H and O–H groups in total. The molecule has 2 aromatic rings. The molecular formula is C17H23BrClN3O. The highest BCUT2D eigenvalue weighted by Crippen LogP contribution is 2.29. The SMILES string of the molecule is Cc1cc(Br)cc(NC(=O)c2cc(C)n(C(C)C)c2C)c1N.Cl. The van der Waals surface area contributed by atoms with E-state index in [0.29, 0.717) is 23.0 Å². The third kappa shape index (κ3) is 3.90. The number of halogens is 2. The number of aromatic nitrogens is 1. The zero-order valence-electron chi connectivity index (χ0n) is 14.0. The average molecular weight is 401 g/mol. The van der Waals surface area contributed by atoms with Gasteiger partial charge in [-0.2, -0.15) is 0 Å². The van der Waals surface area contributed by atoms with Gasteiger partial charge >= 0.3 is 0 Å². The molecule has 0 atom stereocenters. The van der Waals surface area contributed by atoms with Crippen LogP contribution in [-0.2, 0) is 0 Å². The molecule has 0 spiro atoms. The molecule has 23 heavy (non-hydrogen) atoms. The van der Waals surface area contributed by atoms with Crippen molar-refractivity contribution < 1.29 is 4.79 Å². The van der Waals surface area contributed by atoms with Crippen molar-refractivity contribution in [3.63, 3.8) is 0 Å². The Balaban J connectivity index is 0.00000264. The molecule has 1 aromatic carbocycles. The molecular weight excluding hydrogens is 378 g/mol. The molecule has 1 amide bonds. The first-order valence-electron chi connectivity index (χ1n) is 7.27. The van der Waals surface area contributed by atoms with Crippen molar-refractivity contribution in [1.29, 1.82) is 0 Å². The van der Waals surface area contributed by atoms with Gasteiger partial charge in [0.15, 0.2) is 0 Å². The van der Waals surface area contributed by atoms with Crippen LogP contribution in [0.15, 0.2) is 22.7 Å². The summed E-state index contributed by atoms with van der Waals surface area (Å²) >= 11 is 3.43. The van der Waals surface area contributed by atoms with Gasteiger partial charge in [0.1, 0.15) is 0 Å². The number of nitrogens with one attached hydrogen (secondary N) is 1. The molecule has 1 aromatic heterocycles. The lowest BCUT2D eigenvalue weighted by Crippen LogP contribution is -2.15. The minimum Gasteiger partial charge on any atom is -0.397 e. The van der Waals surface area contributed by atoms with Gasteiger partial charge in [0, 0.05) is 21.9 Å². The van der Waals surface area contributed by atoms with Crippen LogP contribution >= 0.6 is 28.3 Å². The summed E-state index contributed by atoms with van der Waals surface area (Å²) in [5, 5.41) is 2.92. The lowest BCUT2D eigenvalue weighted by molar-refractivity contribution is 0.102. The number of nitrogens with two attached hydrogens (primary N) is 1. The van der Waals surface area contributed by atoms with Crippen molar-refractivity contribution in [1.82, 2.24) is 4.57 Å². The molecule has 0 radical (unpaired) electrons. The van der Waals surface area contributed by atoms with Crippen molar-refractivity contribution in [2.75, 3.05) is 11.1 Å². The first-order chi connectivity index (χ1) is 10.2. The molecule has 0 unspecified atom stereocenters. The first-order valence-corrected chi connectivity index (χ1v) is 8.07. The summed E-state index contributed by atoms with van der Waals surface area (Å²) in [6.45, 7) is 10.1. The van der Waals surface area contributed by atoms with E-state index in [0.717, 1.165) is 21.4 Å². The zero-order valence-corrected chi connectivity index (χ0v) is 16.4. The molecule has 0 bridgehead atoms. The largest absolute Gasteiger partial charge is 0.397 e. The van der Waals surface area contributed by atoms with Gasteiger partial charge in [0.25, 0.3) is 5.91 Å². The molecule has 4 nitrogen and oxygen atoms in total. The fourth-order valence-corrected chi connectivity index (χ4v) is 3.42. The number of nitrogen functional groups attached to an aromatic ring is 1. The summed E-state index contributed by atoms with van der Waals surface area (Å²) in [5.74, 6) is -0.135. The highest BCUT2D eigenvalue weighted by Gasteiger charge is 2.18. The van der Waals surface area contributed by atoms with Gasteiger partial charge in [-0.25, -0.2) is 0 Å². The van der Waals surface area contributed by atoms with E-state index in [1.165, 1.54) is 0 Å². The highest BCUT2D eigenvalue weighted by molar-refractivity contribution is 9.10. The number of anilines is 2. The van der Waals surface area contributed by atoms with E-state index in [1.54, 1.807) is 0 Å². The maximum absolute atomic E-state index is 12.6. The van der Waals surface area contributed by atoms with Crippen molar-refractivity contribution >= 4 is 45.6 Å². The van der Waals surface area contributed by atoms with E-state index in [1.807, 2.05) is 39.0 Å². The number of rotatable bonds is 3. The number of carbonyl (C=O) groups excluding carboxylic acids is 1. The maximum atomic E-state index is 12.6. The normalized spacial score (nSPS) is 10.6.